The number of unbranched alkanes of at least 4 members (excludes halogenated alkanes) is 9. The zero-order valence-corrected chi connectivity index (χ0v) is 69.4. The fraction of sp³-hybridized carbons (Fsp3) is 0.435. The summed E-state index contributed by atoms with van der Waals surface area (Å²) < 4.78 is 49.9. The van der Waals surface area contributed by atoms with Gasteiger partial charge in [0.25, 0.3) is 0 Å². The third-order valence-electron chi connectivity index (χ3n) is 20.4. The highest BCUT2D eigenvalue weighted by Crippen LogP contribution is 2.41. The van der Waals surface area contributed by atoms with Gasteiger partial charge in [-0.1, -0.05) is 212 Å². The van der Waals surface area contributed by atoms with E-state index in [0.29, 0.717) is 12.0 Å². The van der Waals surface area contributed by atoms with Crippen LogP contribution in [0.4, 0.5) is 17.1 Å². The van der Waals surface area contributed by atoms with Crippen molar-refractivity contribution >= 4 is 144 Å². The molecule has 0 amide bonds. The summed E-state index contributed by atoms with van der Waals surface area (Å²) in [7, 11) is -0.779. The van der Waals surface area contributed by atoms with Crippen molar-refractivity contribution in [2.24, 2.45) is 5.41 Å². The van der Waals surface area contributed by atoms with Gasteiger partial charge in [0.2, 0.25) is 0 Å². The molecule has 3 fully saturated rings. The van der Waals surface area contributed by atoms with Gasteiger partial charge >= 0.3 is 14.2 Å². The number of ether oxygens (including phenoxy) is 3. The largest absolute Gasteiger partial charge is 0.494 e. The molecule has 0 spiro atoms. The van der Waals surface area contributed by atoms with Crippen LogP contribution in [-0.4, -0.2) is 74.2 Å². The van der Waals surface area contributed by atoms with E-state index in [-0.39, 0.29) is 36.6 Å². The summed E-state index contributed by atoms with van der Waals surface area (Å²) in [5.74, 6) is 0. The Hall–Kier alpha value is -4.39. The molecule has 9 aromatic rings. The Kier molecular flexibility index (Phi) is 30.6. The second-order valence-electron chi connectivity index (χ2n) is 29.2. The summed E-state index contributed by atoms with van der Waals surface area (Å²) in [4.78, 5) is 2.28. The maximum atomic E-state index is 6.30. The lowest BCUT2D eigenvalue weighted by molar-refractivity contribution is -0.150. The van der Waals surface area contributed by atoms with Crippen LogP contribution in [0.25, 0.3) is 27.5 Å². The molecule has 1 aromatic heterocycles. The summed E-state index contributed by atoms with van der Waals surface area (Å²) in [6.07, 6.45) is 18.9. The van der Waals surface area contributed by atoms with E-state index in [1.807, 2.05) is 0 Å². The van der Waals surface area contributed by atoms with E-state index in [0.717, 1.165) is 110 Å². The monoisotopic (exact) mass is 1680 g/mol. The van der Waals surface area contributed by atoms with E-state index in [2.05, 4.69) is 347 Å². The highest BCUT2D eigenvalue weighted by Gasteiger charge is 2.53. The number of anilines is 3. The molecule has 12 rings (SSSR count). The van der Waals surface area contributed by atoms with E-state index in [9.17, 15) is 0 Å². The van der Waals surface area contributed by atoms with Crippen molar-refractivity contribution < 1.29 is 32.8 Å². The lowest BCUT2D eigenvalue weighted by atomic mass is 9.79. The molecule has 3 aliphatic heterocycles. The first-order valence-electron chi connectivity index (χ1n) is 36.6. The Bertz CT molecular complexity index is 3800. The number of hydrogen-bond acceptors (Lipinski definition) is 8. The standard InChI is InChI=1S/C34H45B2NO4.C19H29BrO3.C18H10Br3N.C14H21Br/c1-10-11-12-25-13-19-28(20-14-25)37(29-21-15-26(16-22-29)35-38-31(2,3)32(4,5)39-35)30-23-17-27(18-24-30)36-40-33(6,7)34(8,9)41-36;1-2-19(15-23-16-19)14-22-12-6-4-3-5-11-21-13-17-7-9-18(20)10-8-17;19-11-1-5-14(6-2-11)22-17-7-3-12(20)9-15(17)16-10-13(21)4-8-18(16)22;1-2-3-4-5-6-7-8-13-9-11-14(15)12-10-13/h13-24H,10-12H2,1-9H3;7-10H,2-6,11-16H2,1H3;1-10H;9-12H,2-8H2,1H3. The van der Waals surface area contributed by atoms with Crippen molar-refractivity contribution in [3.63, 3.8) is 0 Å². The molecule has 3 aliphatic rings. The Morgan fingerprint density at radius 2 is 0.762 bits per heavy atom. The van der Waals surface area contributed by atoms with Gasteiger partial charge in [-0.25, -0.2) is 0 Å². The van der Waals surface area contributed by atoms with Gasteiger partial charge in [0.1, 0.15) is 0 Å². The van der Waals surface area contributed by atoms with Crippen LogP contribution < -0.4 is 15.8 Å². The molecule has 0 saturated carbocycles. The molecule has 16 heteroatoms. The number of halogens is 5. The zero-order valence-electron chi connectivity index (χ0n) is 61.5. The maximum Gasteiger partial charge on any atom is 0.494 e. The summed E-state index contributed by atoms with van der Waals surface area (Å²) in [5, 5.41) is 2.49. The van der Waals surface area contributed by atoms with Crippen molar-refractivity contribution in [3.8, 4) is 5.69 Å². The van der Waals surface area contributed by atoms with Gasteiger partial charge in [-0.15, -0.1) is 0 Å². The molecule has 0 bridgehead atoms. The molecule has 0 aliphatic carbocycles. The predicted molar refractivity (Wildman–Crippen MR) is 443 cm³/mol. The van der Waals surface area contributed by atoms with Crippen LogP contribution in [0.2, 0.25) is 0 Å². The fourth-order valence-corrected chi connectivity index (χ4v) is 13.9. The lowest BCUT2D eigenvalue weighted by Crippen LogP contribution is -2.45. The van der Waals surface area contributed by atoms with Gasteiger partial charge in [-0.05, 0) is 249 Å². The van der Waals surface area contributed by atoms with Gasteiger partial charge in [-0.3, -0.25) is 0 Å². The number of hydrogen-bond donors (Lipinski definition) is 0. The minimum Gasteiger partial charge on any atom is -0.399 e. The van der Waals surface area contributed by atoms with Crippen LogP contribution in [0, 0.1) is 5.41 Å². The topological polar surface area (TPSA) is 72.8 Å². The molecular weight excluding hydrogens is 1580 g/mol. The third-order valence-corrected chi connectivity index (χ3v) is 22.9. The summed E-state index contributed by atoms with van der Waals surface area (Å²) in [6.45, 7) is 28.4. The highest BCUT2D eigenvalue weighted by atomic mass is 79.9. The number of aryl methyl sites for hydroxylation is 2. The van der Waals surface area contributed by atoms with E-state index in [4.69, 9.17) is 32.8 Å². The molecule has 0 N–H and O–H groups in total. The van der Waals surface area contributed by atoms with Crippen molar-refractivity contribution in [2.75, 3.05) is 37.9 Å². The number of nitrogens with zero attached hydrogens (tertiary/aromatic N) is 2. The van der Waals surface area contributed by atoms with Crippen LogP contribution >= 0.6 is 79.6 Å². The first-order chi connectivity index (χ1) is 48.4. The number of benzene rings is 8. The van der Waals surface area contributed by atoms with Gasteiger partial charge in [0, 0.05) is 74.5 Å². The number of fused-ring (bicyclic) bond motifs is 3. The van der Waals surface area contributed by atoms with Crippen LogP contribution in [0.3, 0.4) is 0 Å². The van der Waals surface area contributed by atoms with Gasteiger partial charge in [0.15, 0.2) is 0 Å². The molecule has 4 heterocycles. The Balaban J connectivity index is 0.000000169. The molecule has 8 aromatic carbocycles. The van der Waals surface area contributed by atoms with Crippen molar-refractivity contribution in [1.29, 1.82) is 0 Å². The van der Waals surface area contributed by atoms with Gasteiger partial charge in [0.05, 0.1) is 59.9 Å². The molecule has 3 saturated heterocycles. The molecule has 538 valence electrons. The second-order valence-corrected chi connectivity index (χ2v) is 33.8. The predicted octanol–water partition coefficient (Wildman–Crippen LogP) is 24.5. The molecular formula is C85H105B2Br5N2O7. The van der Waals surface area contributed by atoms with Gasteiger partial charge < -0.3 is 42.3 Å². The Labute approximate surface area is 647 Å². The molecule has 0 radical (unpaired) electrons. The van der Waals surface area contributed by atoms with Gasteiger partial charge in [-0.2, -0.15) is 0 Å². The molecule has 0 atom stereocenters. The average Bonchev–Trinajstić information content (AvgIpc) is 1.61. The van der Waals surface area contributed by atoms with Crippen LogP contribution in [0.1, 0.15) is 176 Å². The van der Waals surface area contributed by atoms with E-state index < -0.39 is 0 Å². The molecule has 9 nitrogen and oxygen atoms in total. The summed E-state index contributed by atoms with van der Waals surface area (Å²) >= 11 is 17.6. The normalized spacial score (nSPS) is 16.0. The van der Waals surface area contributed by atoms with Crippen LogP contribution in [0.5, 0.6) is 0 Å². The SMILES string of the molecule is Brc1ccc(-n2c3ccc(Br)cc3c3cc(Br)ccc32)cc1.CCC1(COCCCCCCOCc2ccc(Br)cc2)COC1.CCCCCCCCc1ccc(Br)cc1.CCCCc1ccc(N(c2ccc(B3OC(C)(C)C(C)(C)O3)cc2)c2ccc(B3OC(C)(C)C(C)(C)O3)cc2)cc1. The number of rotatable bonds is 28. The Morgan fingerprint density at radius 3 is 1.19 bits per heavy atom. The van der Waals surface area contributed by atoms with Crippen molar-refractivity contribution in [2.45, 2.75) is 201 Å². The van der Waals surface area contributed by atoms with E-state index in [1.54, 1.807) is 0 Å². The first kappa shape index (κ1) is 80.7. The Morgan fingerprint density at radius 1 is 0.396 bits per heavy atom. The van der Waals surface area contributed by atoms with Crippen molar-refractivity contribution in [3.05, 3.63) is 221 Å². The van der Waals surface area contributed by atoms with Crippen LogP contribution in [0.15, 0.2) is 204 Å². The lowest BCUT2D eigenvalue weighted by Gasteiger charge is -2.40. The summed E-state index contributed by atoms with van der Waals surface area (Å²) in [5.41, 5.74) is 11.7. The molecule has 0 unspecified atom stereocenters. The van der Waals surface area contributed by atoms with Crippen LogP contribution in [-0.2, 0) is 52.3 Å². The zero-order chi connectivity index (χ0) is 72.2. The average molecular weight is 1690 g/mol. The van der Waals surface area contributed by atoms with E-state index in [1.165, 1.54) is 114 Å². The highest BCUT2D eigenvalue weighted by molar-refractivity contribution is 9.11. The summed E-state index contributed by atoms with van der Waals surface area (Å²) in [6, 6.07) is 64.2. The minimum absolute atomic E-state index is 0.320. The number of aromatic nitrogens is 1. The first-order valence-corrected chi connectivity index (χ1v) is 40.6. The quantitative estimate of drug-likeness (QED) is 0.0355. The smallest absolute Gasteiger partial charge is 0.399 e. The third kappa shape index (κ3) is 22.6. The molecule has 101 heavy (non-hydrogen) atoms. The second kappa shape index (κ2) is 38.2. The van der Waals surface area contributed by atoms with E-state index >= 15 is 0 Å². The van der Waals surface area contributed by atoms with Crippen molar-refractivity contribution in [1.82, 2.24) is 4.57 Å². The fourth-order valence-electron chi connectivity index (χ4n) is 12.4. The maximum absolute atomic E-state index is 6.30. The minimum atomic E-state index is -0.389.